The van der Waals surface area contributed by atoms with E-state index in [0.717, 1.165) is 11.9 Å². The lowest BCUT2D eigenvalue weighted by Gasteiger charge is -2.35. The highest BCUT2D eigenvalue weighted by atomic mass is 19.1. The van der Waals surface area contributed by atoms with Gasteiger partial charge in [0.2, 0.25) is 0 Å². The van der Waals surface area contributed by atoms with E-state index in [1.807, 2.05) is 11.0 Å². The Hall–Kier alpha value is -3.44. The zero-order chi connectivity index (χ0) is 23.2. The molecule has 1 aliphatic heterocycles. The van der Waals surface area contributed by atoms with Crippen LogP contribution in [0.15, 0.2) is 47.5 Å². The van der Waals surface area contributed by atoms with Crippen molar-refractivity contribution in [3.63, 3.8) is 0 Å². The molecule has 2 aromatic heterocycles. The van der Waals surface area contributed by atoms with E-state index in [0.29, 0.717) is 48.5 Å². The molecule has 0 aliphatic carbocycles. The van der Waals surface area contributed by atoms with Gasteiger partial charge < -0.3 is 14.3 Å². The lowest BCUT2D eigenvalue weighted by molar-refractivity contribution is -0.146. The average molecular weight is 451 g/mol. The highest BCUT2D eigenvalue weighted by Crippen LogP contribution is 2.35. The molecule has 1 fully saturated rings. The lowest BCUT2D eigenvalue weighted by atomic mass is 9.81. The number of carboxylic acid groups (broad SMARTS) is 1. The van der Waals surface area contributed by atoms with E-state index >= 15 is 4.39 Å². The molecule has 3 atom stereocenters. The van der Waals surface area contributed by atoms with Crippen molar-refractivity contribution in [2.24, 2.45) is 11.8 Å². The predicted octanol–water partition coefficient (Wildman–Crippen LogP) is 4.10. The van der Waals surface area contributed by atoms with Crippen LogP contribution in [-0.4, -0.2) is 52.7 Å². The molecule has 0 unspecified atom stereocenters. The molecule has 172 valence electrons. The Morgan fingerprint density at radius 1 is 1.39 bits per heavy atom. The molecule has 0 radical (unpaired) electrons. The quantitative estimate of drug-likeness (QED) is 0.541. The van der Waals surface area contributed by atoms with Gasteiger partial charge in [-0.15, -0.1) is 0 Å². The predicted molar refractivity (Wildman–Crippen MR) is 120 cm³/mol. The number of piperidine rings is 1. The number of halogens is 1. The number of alkyl halides is 1. The Morgan fingerprint density at radius 2 is 2.27 bits per heavy atom. The zero-order valence-corrected chi connectivity index (χ0v) is 18.4. The van der Waals surface area contributed by atoms with Crippen molar-refractivity contribution in [3.8, 4) is 17.6 Å². The smallest absolute Gasteiger partial charge is 0.308 e. The molecule has 0 saturated carbocycles. The van der Waals surface area contributed by atoms with E-state index in [4.69, 9.17) is 9.15 Å². The van der Waals surface area contributed by atoms with Crippen LogP contribution < -0.4 is 4.74 Å². The van der Waals surface area contributed by atoms with Gasteiger partial charge in [-0.25, -0.2) is 9.37 Å². The molecule has 1 aromatic carbocycles. The molecule has 7 nitrogen and oxygen atoms in total. The Balaban J connectivity index is 1.38. The second-order valence-corrected chi connectivity index (χ2v) is 8.23. The van der Waals surface area contributed by atoms with Gasteiger partial charge in [0, 0.05) is 18.1 Å². The fraction of sp³-hybridized carbons (Fsp3) is 0.400. The summed E-state index contributed by atoms with van der Waals surface area (Å²) in [6.07, 6.45) is 4.65. The summed E-state index contributed by atoms with van der Waals surface area (Å²) in [4.78, 5) is 22.2. The topological polar surface area (TPSA) is 88.7 Å². The Labute approximate surface area is 191 Å². The Morgan fingerprint density at radius 3 is 3.03 bits per heavy atom. The minimum Gasteiger partial charge on any atom is -0.497 e. The number of carbonyl (C=O) groups is 1. The number of oxazole rings is 1. The number of aliphatic carboxylic acids is 1. The second-order valence-electron chi connectivity index (χ2n) is 8.23. The summed E-state index contributed by atoms with van der Waals surface area (Å²) in [5.41, 5.74) is 1.82. The summed E-state index contributed by atoms with van der Waals surface area (Å²) in [6.45, 7) is 1.59. The number of fused-ring (bicyclic) bond motifs is 1. The number of rotatable bonds is 7. The Bertz CT molecular complexity index is 1160. The van der Waals surface area contributed by atoms with Gasteiger partial charge in [0.25, 0.3) is 0 Å². The second kappa shape index (κ2) is 10.5. The summed E-state index contributed by atoms with van der Waals surface area (Å²) in [5, 5.41) is 10.5. The van der Waals surface area contributed by atoms with Crippen LogP contribution in [0.2, 0.25) is 0 Å². The molecule has 3 heterocycles. The summed E-state index contributed by atoms with van der Waals surface area (Å²) in [6, 6.07) is 7.10. The summed E-state index contributed by atoms with van der Waals surface area (Å²) >= 11 is 0. The number of pyridine rings is 1. The molecule has 1 N–H and O–H groups in total. The van der Waals surface area contributed by atoms with Crippen molar-refractivity contribution < 1.29 is 23.4 Å². The number of methoxy groups -OCH3 is 1. The summed E-state index contributed by atoms with van der Waals surface area (Å²) in [5.74, 6) is 5.09. The molecular formula is C25H26FN3O4. The molecular weight excluding hydrogens is 425 g/mol. The lowest BCUT2D eigenvalue weighted by Crippen LogP contribution is -2.44. The van der Waals surface area contributed by atoms with Gasteiger partial charge in [0.1, 0.15) is 18.2 Å². The average Bonchev–Trinajstić information content (AvgIpc) is 3.35. The van der Waals surface area contributed by atoms with E-state index in [9.17, 15) is 9.90 Å². The monoisotopic (exact) mass is 451 g/mol. The van der Waals surface area contributed by atoms with Crippen molar-refractivity contribution in [3.05, 3.63) is 54.4 Å². The molecule has 1 aliphatic rings. The van der Waals surface area contributed by atoms with Crippen LogP contribution in [-0.2, 0) is 4.79 Å². The van der Waals surface area contributed by atoms with Crippen LogP contribution in [0, 0.1) is 23.7 Å². The van der Waals surface area contributed by atoms with Gasteiger partial charge in [0.15, 0.2) is 12.1 Å². The molecule has 1 saturated heterocycles. The summed E-state index contributed by atoms with van der Waals surface area (Å²) in [7, 11) is 1.57. The van der Waals surface area contributed by atoms with Gasteiger partial charge >= 0.3 is 5.97 Å². The zero-order valence-electron chi connectivity index (χ0n) is 18.4. The maximum atomic E-state index is 15.3. The maximum absolute atomic E-state index is 15.3. The van der Waals surface area contributed by atoms with Gasteiger partial charge in [-0.1, -0.05) is 5.92 Å². The van der Waals surface area contributed by atoms with Gasteiger partial charge in [-0.05, 0) is 67.5 Å². The van der Waals surface area contributed by atoms with E-state index < -0.39 is 18.1 Å². The molecule has 3 aromatic rings. The standard InChI is InChI=1S/C25H26FN3O4/c1-32-19-5-7-24-21(13-19)20(8-10-27-24)23(26)6-4-17-9-12-29(14-22(17)25(30)31)11-2-3-18-15-33-16-28-18/h5,7-8,10,13,15-17,22-23H,4,6,9,11-12,14H2,1H3,(H,30,31)/t17-,22+,23-/m1/s1. The number of aromatic nitrogens is 2. The third-order valence-corrected chi connectivity index (χ3v) is 6.22. The first-order valence-corrected chi connectivity index (χ1v) is 10.9. The Kier molecular flexibility index (Phi) is 7.20. The molecule has 8 heteroatoms. The first-order chi connectivity index (χ1) is 16.0. The van der Waals surface area contributed by atoms with E-state index in [2.05, 4.69) is 21.8 Å². The summed E-state index contributed by atoms with van der Waals surface area (Å²) < 4.78 is 25.5. The SMILES string of the molecule is COc1ccc2nccc([C@H](F)CC[C@@H]3CCN(CC#Cc4cocn4)C[C@@H]3C(=O)O)c2c1. The van der Waals surface area contributed by atoms with Crippen LogP contribution >= 0.6 is 0 Å². The maximum Gasteiger partial charge on any atom is 0.308 e. The number of hydrogen-bond acceptors (Lipinski definition) is 6. The number of nitrogens with zero attached hydrogens (tertiary/aromatic N) is 3. The molecule has 0 amide bonds. The van der Waals surface area contributed by atoms with Crippen molar-refractivity contribution in [1.82, 2.24) is 14.9 Å². The molecule has 33 heavy (non-hydrogen) atoms. The highest BCUT2D eigenvalue weighted by Gasteiger charge is 2.34. The highest BCUT2D eigenvalue weighted by molar-refractivity contribution is 5.83. The van der Waals surface area contributed by atoms with E-state index in [1.165, 1.54) is 12.7 Å². The molecule has 0 bridgehead atoms. The van der Waals surface area contributed by atoms with Gasteiger partial charge in [-0.2, -0.15) is 0 Å². The third-order valence-electron chi connectivity index (χ3n) is 6.22. The van der Waals surface area contributed by atoms with Crippen LogP contribution in [0.5, 0.6) is 5.75 Å². The number of likely N-dealkylation sites (tertiary alicyclic amines) is 1. The van der Waals surface area contributed by atoms with Gasteiger partial charge in [0.05, 0.1) is 25.1 Å². The van der Waals surface area contributed by atoms with Gasteiger partial charge in [-0.3, -0.25) is 14.7 Å². The van der Waals surface area contributed by atoms with E-state index in [1.54, 1.807) is 31.5 Å². The molecule has 4 rings (SSSR count). The van der Waals surface area contributed by atoms with E-state index in [-0.39, 0.29) is 12.3 Å². The number of benzene rings is 1. The number of ether oxygens (including phenoxy) is 1. The third kappa shape index (κ3) is 5.49. The fourth-order valence-electron chi connectivity index (χ4n) is 4.42. The fourth-order valence-corrected chi connectivity index (χ4v) is 4.42. The number of carboxylic acids is 1. The molecule has 0 spiro atoms. The van der Waals surface area contributed by atoms with Crippen molar-refractivity contribution in [2.45, 2.75) is 25.4 Å². The minimum atomic E-state index is -1.21. The van der Waals surface area contributed by atoms with Crippen molar-refractivity contribution >= 4 is 16.9 Å². The largest absolute Gasteiger partial charge is 0.497 e. The van der Waals surface area contributed by atoms with Crippen LogP contribution in [0.4, 0.5) is 4.39 Å². The minimum absolute atomic E-state index is 0.0804. The number of hydrogen-bond donors (Lipinski definition) is 1. The van der Waals surface area contributed by atoms with Crippen LogP contribution in [0.3, 0.4) is 0 Å². The van der Waals surface area contributed by atoms with Crippen molar-refractivity contribution in [1.29, 1.82) is 0 Å². The van der Waals surface area contributed by atoms with Crippen molar-refractivity contribution in [2.75, 3.05) is 26.7 Å². The van der Waals surface area contributed by atoms with Crippen LogP contribution in [0.1, 0.15) is 36.7 Å². The normalized spacial score (nSPS) is 19.6. The first kappa shape index (κ1) is 22.7. The van der Waals surface area contributed by atoms with Crippen LogP contribution in [0.25, 0.3) is 10.9 Å². The first-order valence-electron chi connectivity index (χ1n) is 10.9.